The van der Waals surface area contributed by atoms with Crippen molar-refractivity contribution >= 4 is 28.3 Å². The van der Waals surface area contributed by atoms with Gasteiger partial charge in [-0.15, -0.1) is 0 Å². The molecule has 0 radical (unpaired) electrons. The maximum atomic E-state index is 13.9. The predicted molar refractivity (Wildman–Crippen MR) is 143 cm³/mol. The van der Waals surface area contributed by atoms with Crippen molar-refractivity contribution in [1.29, 1.82) is 0 Å². The van der Waals surface area contributed by atoms with Gasteiger partial charge in [0.1, 0.15) is 5.82 Å². The Bertz CT molecular complexity index is 1210. The summed E-state index contributed by atoms with van der Waals surface area (Å²) in [6.07, 6.45) is 5.91. The fourth-order valence-electron chi connectivity index (χ4n) is 5.74. The maximum Gasteiger partial charge on any atom is 0.254 e. The number of hydrogen-bond acceptors (Lipinski definition) is 5. The van der Waals surface area contributed by atoms with Crippen molar-refractivity contribution in [3.8, 4) is 11.1 Å². The summed E-state index contributed by atoms with van der Waals surface area (Å²) >= 11 is 0. The zero-order chi connectivity index (χ0) is 24.4. The molecule has 1 amide bonds. The van der Waals surface area contributed by atoms with Crippen LogP contribution in [-0.4, -0.2) is 54.7 Å². The molecule has 2 fully saturated rings. The van der Waals surface area contributed by atoms with E-state index in [-0.39, 0.29) is 5.91 Å². The van der Waals surface area contributed by atoms with Gasteiger partial charge in [-0.25, -0.2) is 4.98 Å². The van der Waals surface area contributed by atoms with E-state index in [1.807, 2.05) is 18.2 Å². The highest BCUT2D eigenvalue weighted by Gasteiger charge is 2.27. The molecule has 1 aromatic heterocycles. The lowest BCUT2D eigenvalue weighted by molar-refractivity contribution is 0.0648. The molecule has 184 valence electrons. The van der Waals surface area contributed by atoms with E-state index in [9.17, 15) is 4.79 Å². The molecule has 0 atom stereocenters. The number of aryl methyl sites for hydroxylation is 1. The van der Waals surface area contributed by atoms with Crippen molar-refractivity contribution in [3.05, 3.63) is 53.6 Å². The number of benzene rings is 2. The monoisotopic (exact) mass is 472 g/mol. The lowest BCUT2D eigenvalue weighted by Gasteiger charge is -2.34. The van der Waals surface area contributed by atoms with Crippen molar-refractivity contribution in [2.75, 3.05) is 43.5 Å². The van der Waals surface area contributed by atoms with Gasteiger partial charge in [0, 0.05) is 36.6 Å². The summed E-state index contributed by atoms with van der Waals surface area (Å²) in [5, 5.41) is 1.03. The van der Waals surface area contributed by atoms with Crippen molar-refractivity contribution in [3.63, 3.8) is 0 Å². The Morgan fingerprint density at radius 3 is 2.63 bits per heavy atom. The number of pyridine rings is 1. The smallest absolute Gasteiger partial charge is 0.254 e. The number of aromatic nitrogens is 1. The molecule has 35 heavy (non-hydrogen) atoms. The van der Waals surface area contributed by atoms with Gasteiger partial charge in [-0.2, -0.15) is 0 Å². The first-order chi connectivity index (χ1) is 17.1. The minimum Gasteiger partial charge on any atom is -0.382 e. The molecule has 1 saturated carbocycles. The number of nitrogens with two attached hydrogens (primary N) is 1. The van der Waals surface area contributed by atoms with Crippen LogP contribution in [0.5, 0.6) is 0 Å². The number of morpholine rings is 1. The maximum absolute atomic E-state index is 13.9. The van der Waals surface area contributed by atoms with Crippen molar-refractivity contribution in [2.45, 2.75) is 52.0 Å². The van der Waals surface area contributed by atoms with Crippen molar-refractivity contribution in [1.82, 2.24) is 9.88 Å². The van der Waals surface area contributed by atoms with Gasteiger partial charge in [-0.1, -0.05) is 37.5 Å². The van der Waals surface area contributed by atoms with E-state index in [0.717, 1.165) is 71.3 Å². The number of hydrogen-bond donors (Lipinski definition) is 1. The van der Waals surface area contributed by atoms with Gasteiger partial charge < -0.3 is 20.3 Å². The molecule has 1 aliphatic heterocycles. The third-order valence-corrected chi connectivity index (χ3v) is 7.58. The van der Waals surface area contributed by atoms with E-state index < -0.39 is 0 Å². The third-order valence-electron chi connectivity index (χ3n) is 7.58. The summed E-state index contributed by atoms with van der Waals surface area (Å²) in [5.41, 5.74) is 12.1. The second-order valence-corrected chi connectivity index (χ2v) is 9.78. The van der Waals surface area contributed by atoms with Gasteiger partial charge in [0.2, 0.25) is 0 Å². The van der Waals surface area contributed by atoms with Crippen LogP contribution in [0.1, 0.15) is 54.9 Å². The first-order valence-electron chi connectivity index (χ1n) is 13.0. The Hall–Kier alpha value is -3.12. The number of carbonyl (C=O) groups is 1. The third kappa shape index (κ3) is 4.72. The molecule has 0 bridgehead atoms. The molecule has 1 aliphatic carbocycles. The van der Waals surface area contributed by atoms with Gasteiger partial charge in [0.05, 0.1) is 24.4 Å². The fourth-order valence-corrected chi connectivity index (χ4v) is 5.74. The number of amides is 1. The van der Waals surface area contributed by atoms with Crippen LogP contribution in [0.3, 0.4) is 0 Å². The summed E-state index contributed by atoms with van der Waals surface area (Å²) < 4.78 is 5.51. The average Bonchev–Trinajstić information content (AvgIpc) is 2.89. The molecule has 2 aliphatic rings. The second kappa shape index (κ2) is 10.2. The highest BCUT2D eigenvalue weighted by Crippen LogP contribution is 2.34. The lowest BCUT2D eigenvalue weighted by atomic mass is 9.91. The molecule has 1 saturated heterocycles. The summed E-state index contributed by atoms with van der Waals surface area (Å²) in [7, 11) is 0. The van der Waals surface area contributed by atoms with Gasteiger partial charge in [-0.3, -0.25) is 4.79 Å². The van der Waals surface area contributed by atoms with Crippen LogP contribution >= 0.6 is 0 Å². The predicted octanol–water partition coefficient (Wildman–Crippen LogP) is 5.42. The molecule has 3 aromatic rings. The summed E-state index contributed by atoms with van der Waals surface area (Å²) in [5.74, 6) is 0.688. The number of anilines is 2. The molecule has 5 rings (SSSR count). The topological polar surface area (TPSA) is 71.7 Å². The van der Waals surface area contributed by atoms with Crippen LogP contribution < -0.4 is 10.6 Å². The van der Waals surface area contributed by atoms with Crippen LogP contribution in [0, 0.1) is 6.92 Å². The standard InChI is InChI=1S/C29H36N4O2/c1-3-33(23-9-5-4-6-10-23)29(34)24-11-7-8-20(2)27(24)21-12-13-25-22(18-21)19-26(28(30)31-25)32-14-16-35-17-15-32/h7-8,11-13,18-19,23H,3-6,9-10,14-17H2,1-2H3,(H2,30,31). The van der Waals surface area contributed by atoms with Crippen LogP contribution in [-0.2, 0) is 4.74 Å². The van der Waals surface area contributed by atoms with E-state index in [0.29, 0.717) is 25.1 Å². The van der Waals surface area contributed by atoms with E-state index >= 15 is 0 Å². The first kappa shape index (κ1) is 23.6. The minimum atomic E-state index is 0.141. The molecule has 6 nitrogen and oxygen atoms in total. The zero-order valence-electron chi connectivity index (χ0n) is 20.9. The molecule has 2 heterocycles. The van der Waals surface area contributed by atoms with Crippen LogP contribution in [0.25, 0.3) is 22.0 Å². The Balaban J connectivity index is 1.55. The van der Waals surface area contributed by atoms with Gasteiger partial charge >= 0.3 is 0 Å². The Morgan fingerprint density at radius 2 is 1.89 bits per heavy atom. The second-order valence-electron chi connectivity index (χ2n) is 9.78. The quantitative estimate of drug-likeness (QED) is 0.537. The van der Waals surface area contributed by atoms with Crippen LogP contribution in [0.2, 0.25) is 0 Å². The van der Waals surface area contributed by atoms with Crippen LogP contribution in [0.15, 0.2) is 42.5 Å². The number of carbonyl (C=O) groups excluding carboxylic acids is 1. The first-order valence-corrected chi connectivity index (χ1v) is 13.0. The van der Waals surface area contributed by atoms with E-state index in [4.69, 9.17) is 10.5 Å². The fraction of sp³-hybridized carbons (Fsp3) is 0.448. The molecule has 0 spiro atoms. The number of fused-ring (bicyclic) bond motifs is 1. The molecule has 2 aromatic carbocycles. The normalized spacial score (nSPS) is 17.0. The lowest BCUT2D eigenvalue weighted by Crippen LogP contribution is -2.41. The van der Waals surface area contributed by atoms with Crippen molar-refractivity contribution < 1.29 is 9.53 Å². The Kier molecular flexibility index (Phi) is 6.91. The van der Waals surface area contributed by atoms with Gasteiger partial charge in [-0.05, 0) is 67.6 Å². The highest BCUT2D eigenvalue weighted by atomic mass is 16.5. The highest BCUT2D eigenvalue weighted by molar-refractivity contribution is 6.03. The summed E-state index contributed by atoms with van der Waals surface area (Å²) in [6.45, 7) is 7.93. The summed E-state index contributed by atoms with van der Waals surface area (Å²) in [6, 6.07) is 14.8. The summed E-state index contributed by atoms with van der Waals surface area (Å²) in [4.78, 5) is 22.9. The molecular formula is C29H36N4O2. The van der Waals surface area contributed by atoms with E-state index in [2.05, 4.69) is 52.9 Å². The molecule has 2 N–H and O–H groups in total. The molecule has 0 unspecified atom stereocenters. The number of ether oxygens (including phenoxy) is 1. The largest absolute Gasteiger partial charge is 0.382 e. The minimum absolute atomic E-state index is 0.141. The molecule has 6 heteroatoms. The van der Waals surface area contributed by atoms with E-state index in [1.54, 1.807) is 0 Å². The number of rotatable bonds is 5. The number of nitrogen functional groups attached to an aromatic ring is 1. The van der Waals surface area contributed by atoms with Gasteiger partial charge in [0.15, 0.2) is 0 Å². The average molecular weight is 473 g/mol. The number of nitrogens with zero attached hydrogens (tertiary/aromatic N) is 3. The van der Waals surface area contributed by atoms with Crippen molar-refractivity contribution in [2.24, 2.45) is 0 Å². The SMILES string of the molecule is CCN(C(=O)c1cccc(C)c1-c1ccc2nc(N)c(N3CCOCC3)cc2c1)C1CCCCC1. The zero-order valence-corrected chi connectivity index (χ0v) is 20.9. The molecular weight excluding hydrogens is 436 g/mol. The van der Waals surface area contributed by atoms with Crippen LogP contribution in [0.4, 0.5) is 11.5 Å². The Labute approximate surface area is 208 Å². The Morgan fingerprint density at radius 1 is 1.11 bits per heavy atom. The van der Waals surface area contributed by atoms with E-state index in [1.165, 1.54) is 19.3 Å². The van der Waals surface area contributed by atoms with Gasteiger partial charge in [0.25, 0.3) is 5.91 Å².